The van der Waals surface area contributed by atoms with E-state index in [0.717, 1.165) is 12.4 Å². The van der Waals surface area contributed by atoms with Crippen molar-refractivity contribution in [2.75, 3.05) is 18.1 Å². The number of hydrogen-bond acceptors (Lipinski definition) is 3. The van der Waals surface area contributed by atoms with Gasteiger partial charge in [0.1, 0.15) is 5.82 Å². The lowest BCUT2D eigenvalue weighted by atomic mass is 10.3. The average Bonchev–Trinajstić information content (AvgIpc) is 2.16. The van der Waals surface area contributed by atoms with Crippen LogP contribution in [0.15, 0.2) is 18.3 Å². The molecule has 1 heterocycles. The number of pyridine rings is 1. The number of hydrogen-bond donors (Lipinski definition) is 1. The van der Waals surface area contributed by atoms with Crippen molar-refractivity contribution in [1.82, 2.24) is 4.98 Å². The van der Waals surface area contributed by atoms with Gasteiger partial charge < -0.3 is 5.32 Å². The Morgan fingerprint density at radius 1 is 1.62 bits per heavy atom. The lowest BCUT2D eigenvalue weighted by molar-refractivity contribution is 0.987. The molecule has 0 amide bonds. The fourth-order valence-electron chi connectivity index (χ4n) is 0.994. The maximum atomic E-state index is 4.26. The highest BCUT2D eigenvalue weighted by Crippen LogP contribution is 2.11. The minimum Gasteiger partial charge on any atom is -0.369 e. The molecule has 0 saturated carbocycles. The van der Waals surface area contributed by atoms with E-state index in [1.165, 1.54) is 5.56 Å². The number of rotatable bonds is 4. The summed E-state index contributed by atoms with van der Waals surface area (Å²) >= 11 is 1.86. The molecule has 3 heteroatoms. The van der Waals surface area contributed by atoms with Crippen LogP contribution >= 0.6 is 11.8 Å². The third kappa shape index (κ3) is 3.27. The van der Waals surface area contributed by atoms with Crippen LogP contribution in [0.4, 0.5) is 5.82 Å². The predicted octanol–water partition coefficient (Wildman–Crippen LogP) is 2.55. The number of aryl methyl sites for hydroxylation is 1. The molecule has 72 valence electrons. The smallest absolute Gasteiger partial charge is 0.128 e. The SMILES string of the molecule is CSC(C)CNc1ncccc1C. The highest BCUT2D eigenvalue weighted by atomic mass is 32.2. The fourth-order valence-corrected chi connectivity index (χ4v) is 1.24. The second kappa shape index (κ2) is 5.12. The summed E-state index contributed by atoms with van der Waals surface area (Å²) in [5.41, 5.74) is 1.20. The van der Waals surface area contributed by atoms with Gasteiger partial charge in [0.25, 0.3) is 0 Å². The van der Waals surface area contributed by atoms with Crippen LogP contribution in [0.1, 0.15) is 12.5 Å². The van der Waals surface area contributed by atoms with Crippen LogP contribution in [-0.4, -0.2) is 23.0 Å². The second-order valence-corrected chi connectivity index (χ2v) is 4.37. The lowest BCUT2D eigenvalue weighted by Crippen LogP contribution is -2.14. The van der Waals surface area contributed by atoms with Crippen LogP contribution in [0, 0.1) is 6.92 Å². The van der Waals surface area contributed by atoms with Gasteiger partial charge in [0, 0.05) is 18.0 Å². The molecule has 1 N–H and O–H groups in total. The second-order valence-electron chi connectivity index (χ2n) is 3.10. The number of aromatic nitrogens is 1. The van der Waals surface area contributed by atoms with E-state index in [9.17, 15) is 0 Å². The molecule has 0 fully saturated rings. The molecule has 0 saturated heterocycles. The standard InChI is InChI=1S/C10H16N2S/c1-8-5-4-6-11-10(8)12-7-9(2)13-3/h4-6,9H,7H2,1-3H3,(H,11,12). The van der Waals surface area contributed by atoms with Crippen LogP contribution in [0.2, 0.25) is 0 Å². The Morgan fingerprint density at radius 2 is 2.38 bits per heavy atom. The first kappa shape index (κ1) is 10.4. The molecule has 13 heavy (non-hydrogen) atoms. The third-order valence-corrected chi connectivity index (χ3v) is 2.94. The molecule has 1 rings (SSSR count). The summed E-state index contributed by atoms with van der Waals surface area (Å²) in [6.45, 7) is 5.24. The van der Waals surface area contributed by atoms with Crippen molar-refractivity contribution in [2.24, 2.45) is 0 Å². The number of thioether (sulfide) groups is 1. The van der Waals surface area contributed by atoms with Crippen molar-refractivity contribution in [3.05, 3.63) is 23.9 Å². The van der Waals surface area contributed by atoms with Crippen LogP contribution in [0.3, 0.4) is 0 Å². The van der Waals surface area contributed by atoms with E-state index in [4.69, 9.17) is 0 Å². The molecule has 1 aromatic heterocycles. The van der Waals surface area contributed by atoms with E-state index in [1.54, 1.807) is 0 Å². The molecule has 0 aromatic carbocycles. The van der Waals surface area contributed by atoms with Crippen molar-refractivity contribution < 1.29 is 0 Å². The van der Waals surface area contributed by atoms with E-state index in [0.29, 0.717) is 5.25 Å². The minimum atomic E-state index is 0.626. The fraction of sp³-hybridized carbons (Fsp3) is 0.500. The average molecular weight is 196 g/mol. The van der Waals surface area contributed by atoms with Gasteiger partial charge in [-0.15, -0.1) is 0 Å². The van der Waals surface area contributed by atoms with Gasteiger partial charge in [-0.25, -0.2) is 4.98 Å². The lowest BCUT2D eigenvalue weighted by Gasteiger charge is -2.11. The summed E-state index contributed by atoms with van der Waals surface area (Å²) in [5.74, 6) is 1.00. The molecular formula is C10H16N2S. The molecule has 0 spiro atoms. The minimum absolute atomic E-state index is 0.626. The Hall–Kier alpha value is -0.700. The number of nitrogens with one attached hydrogen (secondary N) is 1. The van der Waals surface area contributed by atoms with E-state index in [1.807, 2.05) is 24.0 Å². The van der Waals surface area contributed by atoms with Crippen LogP contribution in [-0.2, 0) is 0 Å². The van der Waals surface area contributed by atoms with Crippen molar-refractivity contribution in [3.8, 4) is 0 Å². The Bertz CT molecular complexity index is 263. The molecule has 0 aliphatic rings. The summed E-state index contributed by atoms with van der Waals surface area (Å²) in [4.78, 5) is 4.26. The Labute approximate surface area is 84.1 Å². The first-order valence-electron chi connectivity index (χ1n) is 4.42. The Kier molecular flexibility index (Phi) is 4.09. The van der Waals surface area contributed by atoms with Gasteiger partial charge in [0.15, 0.2) is 0 Å². The zero-order valence-corrected chi connectivity index (χ0v) is 9.19. The Morgan fingerprint density at radius 3 is 3.00 bits per heavy atom. The molecule has 1 aromatic rings. The molecule has 0 aliphatic heterocycles. The number of nitrogens with zero attached hydrogens (tertiary/aromatic N) is 1. The topological polar surface area (TPSA) is 24.9 Å². The zero-order valence-electron chi connectivity index (χ0n) is 8.37. The molecule has 0 bridgehead atoms. The molecule has 2 nitrogen and oxygen atoms in total. The van der Waals surface area contributed by atoms with Crippen molar-refractivity contribution in [1.29, 1.82) is 0 Å². The quantitative estimate of drug-likeness (QED) is 0.801. The van der Waals surface area contributed by atoms with Crippen LogP contribution < -0.4 is 5.32 Å². The van der Waals surface area contributed by atoms with Gasteiger partial charge in [0.2, 0.25) is 0 Å². The van der Waals surface area contributed by atoms with Gasteiger partial charge in [-0.05, 0) is 24.8 Å². The summed E-state index contributed by atoms with van der Waals surface area (Å²) < 4.78 is 0. The normalized spacial score (nSPS) is 12.5. The first-order chi connectivity index (χ1) is 6.24. The van der Waals surface area contributed by atoms with E-state index < -0.39 is 0 Å². The van der Waals surface area contributed by atoms with Crippen molar-refractivity contribution in [3.63, 3.8) is 0 Å². The van der Waals surface area contributed by atoms with Gasteiger partial charge in [0.05, 0.1) is 0 Å². The van der Waals surface area contributed by atoms with E-state index >= 15 is 0 Å². The zero-order chi connectivity index (χ0) is 9.68. The molecular weight excluding hydrogens is 180 g/mol. The largest absolute Gasteiger partial charge is 0.369 e. The number of anilines is 1. The summed E-state index contributed by atoms with van der Waals surface area (Å²) in [6.07, 6.45) is 3.94. The Balaban J connectivity index is 2.50. The summed E-state index contributed by atoms with van der Waals surface area (Å²) in [6, 6.07) is 4.03. The van der Waals surface area contributed by atoms with Gasteiger partial charge >= 0.3 is 0 Å². The van der Waals surface area contributed by atoms with Crippen molar-refractivity contribution in [2.45, 2.75) is 19.1 Å². The van der Waals surface area contributed by atoms with Crippen LogP contribution in [0.5, 0.6) is 0 Å². The highest BCUT2D eigenvalue weighted by molar-refractivity contribution is 7.99. The molecule has 1 atom stereocenters. The van der Waals surface area contributed by atoms with Gasteiger partial charge in [-0.3, -0.25) is 0 Å². The van der Waals surface area contributed by atoms with E-state index in [-0.39, 0.29) is 0 Å². The maximum absolute atomic E-state index is 4.26. The van der Waals surface area contributed by atoms with Gasteiger partial charge in [-0.1, -0.05) is 13.0 Å². The van der Waals surface area contributed by atoms with E-state index in [2.05, 4.69) is 36.5 Å². The molecule has 0 radical (unpaired) electrons. The van der Waals surface area contributed by atoms with Crippen LogP contribution in [0.25, 0.3) is 0 Å². The summed E-state index contributed by atoms with van der Waals surface area (Å²) in [7, 11) is 0. The molecule has 1 unspecified atom stereocenters. The highest BCUT2D eigenvalue weighted by Gasteiger charge is 2.01. The van der Waals surface area contributed by atoms with Gasteiger partial charge in [-0.2, -0.15) is 11.8 Å². The maximum Gasteiger partial charge on any atom is 0.128 e. The summed E-state index contributed by atoms with van der Waals surface area (Å²) in [5, 5.41) is 3.96. The monoisotopic (exact) mass is 196 g/mol. The molecule has 0 aliphatic carbocycles. The van der Waals surface area contributed by atoms with Crippen molar-refractivity contribution >= 4 is 17.6 Å². The first-order valence-corrected chi connectivity index (χ1v) is 5.71. The predicted molar refractivity (Wildman–Crippen MR) is 60.4 cm³/mol. The third-order valence-electron chi connectivity index (χ3n) is 1.97.